The first kappa shape index (κ1) is 14.6. The number of halogens is 2. The zero-order valence-electron chi connectivity index (χ0n) is 11.2. The molecule has 0 bridgehead atoms. The molecule has 0 spiro atoms. The van der Waals surface area contributed by atoms with E-state index in [-0.39, 0.29) is 5.82 Å². The topological polar surface area (TPSA) is 20.7 Å². The van der Waals surface area contributed by atoms with E-state index in [4.69, 9.17) is 12.2 Å². The number of thioether (sulfide) groups is 1. The summed E-state index contributed by atoms with van der Waals surface area (Å²) in [5.74, 6) is -0.238. The van der Waals surface area contributed by atoms with Gasteiger partial charge >= 0.3 is 0 Å². The zero-order valence-corrected chi connectivity index (χ0v) is 14.4. The van der Waals surface area contributed by atoms with Crippen LogP contribution in [-0.4, -0.2) is 21.1 Å². The average Bonchev–Trinajstić information content (AvgIpc) is 2.74. The minimum absolute atomic E-state index is 0.238. The van der Waals surface area contributed by atoms with Gasteiger partial charge in [-0.1, -0.05) is 6.42 Å². The van der Waals surface area contributed by atoms with E-state index in [9.17, 15) is 4.39 Å². The molecule has 1 aromatic heterocycles. The Morgan fingerprint density at radius 2 is 2.25 bits per heavy atom. The Morgan fingerprint density at radius 3 is 3.00 bits per heavy atom. The van der Waals surface area contributed by atoms with Crippen LogP contribution in [0.3, 0.4) is 0 Å². The lowest BCUT2D eigenvalue weighted by molar-refractivity contribution is 0.365. The number of rotatable bonds is 2. The third-order valence-corrected chi connectivity index (χ3v) is 6.06. The number of H-pyrrole nitrogens is 1. The molecule has 0 radical (unpaired) electrons. The van der Waals surface area contributed by atoms with Gasteiger partial charge in [-0.3, -0.25) is 0 Å². The highest BCUT2D eigenvalue weighted by atomic mass is 79.9. The minimum atomic E-state index is -0.238. The Morgan fingerprint density at radius 1 is 1.45 bits per heavy atom. The Labute approximate surface area is 135 Å². The number of imidazole rings is 1. The fourth-order valence-electron chi connectivity index (χ4n) is 3.05. The zero-order chi connectivity index (χ0) is 14.3. The van der Waals surface area contributed by atoms with E-state index in [0.717, 1.165) is 23.9 Å². The second-order valence-corrected chi connectivity index (χ2v) is 7.64. The van der Waals surface area contributed by atoms with Crippen LogP contribution in [0.5, 0.6) is 0 Å². The molecule has 2 atom stereocenters. The van der Waals surface area contributed by atoms with Crippen molar-refractivity contribution in [3.05, 3.63) is 27.2 Å². The summed E-state index contributed by atoms with van der Waals surface area (Å²) in [5.41, 5.74) is 1.78. The Hall–Kier alpha value is -0.330. The molecular weight excluding hydrogens is 359 g/mol. The van der Waals surface area contributed by atoms with Crippen molar-refractivity contribution >= 4 is 50.9 Å². The van der Waals surface area contributed by atoms with Crippen molar-refractivity contribution in [2.75, 3.05) is 6.26 Å². The number of benzene rings is 1. The second-order valence-electron chi connectivity index (χ2n) is 5.26. The number of nitrogens with zero attached hydrogens (tertiary/aromatic N) is 1. The lowest BCUT2D eigenvalue weighted by Crippen LogP contribution is -2.20. The van der Waals surface area contributed by atoms with Crippen LogP contribution in [0.1, 0.15) is 31.7 Å². The van der Waals surface area contributed by atoms with Crippen LogP contribution in [0.15, 0.2) is 16.6 Å². The molecule has 2 aromatic rings. The molecule has 3 rings (SSSR count). The van der Waals surface area contributed by atoms with E-state index in [0.29, 0.717) is 20.5 Å². The third kappa shape index (κ3) is 2.57. The van der Waals surface area contributed by atoms with Crippen LogP contribution in [0.4, 0.5) is 4.39 Å². The highest BCUT2D eigenvalue weighted by molar-refractivity contribution is 9.10. The van der Waals surface area contributed by atoms with Crippen molar-refractivity contribution in [2.45, 2.75) is 37.0 Å². The van der Waals surface area contributed by atoms with Crippen molar-refractivity contribution in [1.82, 2.24) is 9.55 Å². The molecular formula is C14H16BrFN2S2. The first-order valence-corrected chi connectivity index (χ1v) is 9.21. The van der Waals surface area contributed by atoms with Crippen LogP contribution in [0.25, 0.3) is 11.0 Å². The predicted octanol–water partition coefficient (Wildman–Crippen LogP) is 5.45. The maximum atomic E-state index is 13.8. The predicted molar refractivity (Wildman–Crippen MR) is 89.6 cm³/mol. The van der Waals surface area contributed by atoms with Gasteiger partial charge in [-0.25, -0.2) is 4.39 Å². The molecule has 2 nitrogen and oxygen atoms in total. The number of hydrogen-bond donors (Lipinski definition) is 1. The van der Waals surface area contributed by atoms with E-state index in [1.807, 2.05) is 11.8 Å². The number of fused-ring (bicyclic) bond motifs is 1. The van der Waals surface area contributed by atoms with Crippen molar-refractivity contribution in [3.8, 4) is 0 Å². The van der Waals surface area contributed by atoms with Gasteiger partial charge in [-0.15, -0.1) is 0 Å². The van der Waals surface area contributed by atoms with Gasteiger partial charge in [0.2, 0.25) is 0 Å². The molecule has 1 saturated carbocycles. The summed E-state index contributed by atoms with van der Waals surface area (Å²) in [7, 11) is 0. The fraction of sp³-hybridized carbons (Fsp3) is 0.500. The summed E-state index contributed by atoms with van der Waals surface area (Å²) in [6.07, 6.45) is 6.88. The highest BCUT2D eigenvalue weighted by Gasteiger charge is 2.24. The largest absolute Gasteiger partial charge is 0.331 e. The number of aromatic nitrogens is 2. The minimum Gasteiger partial charge on any atom is -0.331 e. The molecule has 20 heavy (non-hydrogen) atoms. The monoisotopic (exact) mass is 374 g/mol. The van der Waals surface area contributed by atoms with Crippen molar-refractivity contribution in [3.63, 3.8) is 0 Å². The van der Waals surface area contributed by atoms with E-state index in [1.54, 1.807) is 12.1 Å². The van der Waals surface area contributed by atoms with Crippen molar-refractivity contribution in [2.24, 2.45) is 0 Å². The van der Waals surface area contributed by atoms with Gasteiger partial charge in [0.1, 0.15) is 5.82 Å². The summed E-state index contributed by atoms with van der Waals surface area (Å²) >= 11 is 10.6. The van der Waals surface area contributed by atoms with Crippen molar-refractivity contribution in [1.29, 1.82) is 0 Å². The van der Waals surface area contributed by atoms with Crippen LogP contribution in [0, 0.1) is 10.6 Å². The van der Waals surface area contributed by atoms with Gasteiger partial charge in [0.05, 0.1) is 15.5 Å². The molecule has 1 aromatic carbocycles. The maximum absolute atomic E-state index is 13.8. The van der Waals surface area contributed by atoms with Gasteiger partial charge in [-0.05, 0) is 59.7 Å². The average molecular weight is 375 g/mol. The van der Waals surface area contributed by atoms with Crippen LogP contribution in [0.2, 0.25) is 0 Å². The molecule has 1 fully saturated rings. The molecule has 1 heterocycles. The third-order valence-electron chi connectivity index (χ3n) is 4.06. The van der Waals surface area contributed by atoms with E-state index in [2.05, 4.69) is 31.7 Å². The van der Waals surface area contributed by atoms with Gasteiger partial charge in [0.15, 0.2) is 4.77 Å². The van der Waals surface area contributed by atoms with Gasteiger partial charge in [-0.2, -0.15) is 11.8 Å². The van der Waals surface area contributed by atoms with E-state index < -0.39 is 0 Å². The molecule has 1 aliphatic carbocycles. The van der Waals surface area contributed by atoms with Crippen LogP contribution < -0.4 is 0 Å². The molecule has 0 aliphatic heterocycles. The highest BCUT2D eigenvalue weighted by Crippen LogP contribution is 2.36. The lowest BCUT2D eigenvalue weighted by Gasteiger charge is -2.29. The normalized spacial score (nSPS) is 23.4. The Bertz CT molecular complexity index is 694. The van der Waals surface area contributed by atoms with Gasteiger partial charge in [0, 0.05) is 17.4 Å². The molecule has 0 amide bonds. The summed E-state index contributed by atoms with van der Waals surface area (Å²) < 4.78 is 17.1. The first-order chi connectivity index (χ1) is 9.60. The summed E-state index contributed by atoms with van der Waals surface area (Å²) in [4.78, 5) is 3.20. The molecule has 108 valence electrons. The number of aromatic amines is 1. The van der Waals surface area contributed by atoms with Gasteiger partial charge < -0.3 is 9.55 Å². The Kier molecular flexibility index (Phi) is 4.24. The fourth-order valence-corrected chi connectivity index (χ4v) is 4.57. The summed E-state index contributed by atoms with van der Waals surface area (Å²) in [6.45, 7) is 0. The molecule has 1 N–H and O–H groups in total. The SMILES string of the molecule is CSC1CCCC(n2c(=S)[nH]c3cc(Br)c(F)cc32)C1. The quantitative estimate of drug-likeness (QED) is 0.705. The smallest absolute Gasteiger partial charge is 0.178 e. The number of nitrogens with one attached hydrogen (secondary N) is 1. The van der Waals surface area contributed by atoms with Crippen molar-refractivity contribution < 1.29 is 4.39 Å². The maximum Gasteiger partial charge on any atom is 0.178 e. The summed E-state index contributed by atoms with van der Waals surface area (Å²) in [5, 5.41) is 0.681. The molecule has 1 aliphatic rings. The Balaban J connectivity index is 2.08. The van der Waals surface area contributed by atoms with Crippen LogP contribution in [-0.2, 0) is 0 Å². The molecule has 2 unspecified atom stereocenters. The lowest BCUT2D eigenvalue weighted by atomic mass is 9.94. The standard InChI is InChI=1S/C14H16BrFN2S2/c1-20-9-4-2-3-8(5-9)18-13-7-11(16)10(15)6-12(13)17-14(18)19/h6-9H,2-5H2,1H3,(H,17,19). The van der Waals surface area contributed by atoms with E-state index in [1.165, 1.54) is 12.8 Å². The summed E-state index contributed by atoms with van der Waals surface area (Å²) in [6, 6.07) is 3.73. The first-order valence-electron chi connectivity index (χ1n) is 6.72. The van der Waals surface area contributed by atoms with E-state index >= 15 is 0 Å². The number of hydrogen-bond acceptors (Lipinski definition) is 2. The second kappa shape index (κ2) is 5.81. The molecule has 6 heteroatoms. The van der Waals surface area contributed by atoms with Crippen LogP contribution >= 0.6 is 39.9 Å². The van der Waals surface area contributed by atoms with Gasteiger partial charge in [0.25, 0.3) is 0 Å². The molecule has 0 saturated heterocycles.